The Balaban J connectivity index is 1.35. The Morgan fingerprint density at radius 3 is 2.61 bits per heavy atom. The van der Waals surface area contributed by atoms with Crippen molar-refractivity contribution in [3.63, 3.8) is 0 Å². The third kappa shape index (κ3) is 5.60. The number of aromatic amines is 1. The van der Waals surface area contributed by atoms with Crippen molar-refractivity contribution in [2.45, 2.75) is 32.6 Å². The number of benzene rings is 2. The molecule has 0 unspecified atom stereocenters. The zero-order chi connectivity index (χ0) is 23.2. The van der Waals surface area contributed by atoms with Gasteiger partial charge in [-0.1, -0.05) is 49.4 Å². The summed E-state index contributed by atoms with van der Waals surface area (Å²) in [6.07, 6.45) is 1.47. The highest BCUT2D eigenvalue weighted by atomic mass is 16.2. The number of nitrogens with zero attached hydrogens (tertiary/aromatic N) is 3. The maximum Gasteiger partial charge on any atom is 0.251 e. The van der Waals surface area contributed by atoms with Gasteiger partial charge in [0.1, 0.15) is 5.82 Å². The molecule has 8 nitrogen and oxygen atoms in total. The molecule has 0 saturated heterocycles. The molecule has 2 heterocycles. The number of amides is 2. The largest absolute Gasteiger partial charge is 0.326 e. The average molecular weight is 444 g/mol. The minimum Gasteiger partial charge on any atom is -0.326 e. The second kappa shape index (κ2) is 10.0. The molecular weight excluding hydrogens is 418 g/mol. The lowest BCUT2D eigenvalue weighted by Gasteiger charge is -2.11. The number of aryl methyl sites for hydroxylation is 1. The lowest BCUT2D eigenvalue weighted by Crippen LogP contribution is -2.25. The summed E-state index contributed by atoms with van der Waals surface area (Å²) in [5.41, 5.74) is 3.62. The number of carbonyl (C=O) groups is 2. The summed E-state index contributed by atoms with van der Waals surface area (Å²) >= 11 is 0. The van der Waals surface area contributed by atoms with Gasteiger partial charge >= 0.3 is 0 Å². The molecule has 1 aliphatic heterocycles. The van der Waals surface area contributed by atoms with Crippen molar-refractivity contribution >= 4 is 23.2 Å². The molecule has 0 bridgehead atoms. The molecule has 2 N–H and O–H groups in total. The summed E-state index contributed by atoms with van der Waals surface area (Å²) < 4.78 is 0. The summed E-state index contributed by atoms with van der Waals surface area (Å²) in [5.74, 6) is 0.00505. The second-order valence-corrected chi connectivity index (χ2v) is 7.75. The van der Waals surface area contributed by atoms with E-state index in [0.717, 1.165) is 11.3 Å². The fourth-order valence-corrected chi connectivity index (χ4v) is 3.61. The molecule has 2 amide bonds. The average Bonchev–Trinajstić information content (AvgIpc) is 3.33. The molecular formula is C25H25N5O3. The topological polar surface area (TPSA) is 108 Å². The van der Waals surface area contributed by atoms with Crippen LogP contribution in [0.25, 0.3) is 11.4 Å². The van der Waals surface area contributed by atoms with Gasteiger partial charge < -0.3 is 10.3 Å². The van der Waals surface area contributed by atoms with Gasteiger partial charge in [0, 0.05) is 42.3 Å². The van der Waals surface area contributed by atoms with E-state index < -0.39 is 0 Å². The van der Waals surface area contributed by atoms with Crippen LogP contribution in [0.5, 0.6) is 0 Å². The predicted molar refractivity (Wildman–Crippen MR) is 127 cm³/mol. The van der Waals surface area contributed by atoms with Crippen molar-refractivity contribution in [1.29, 1.82) is 0 Å². The minimum atomic E-state index is -0.268. The summed E-state index contributed by atoms with van der Waals surface area (Å²) in [6.45, 7) is 2.45. The van der Waals surface area contributed by atoms with Crippen LogP contribution in [-0.2, 0) is 16.0 Å². The quantitative estimate of drug-likeness (QED) is 0.584. The van der Waals surface area contributed by atoms with E-state index in [2.05, 4.69) is 20.4 Å². The maximum absolute atomic E-state index is 12.5. The minimum absolute atomic E-state index is 0.0517. The van der Waals surface area contributed by atoms with Crippen LogP contribution >= 0.6 is 0 Å². The number of hydrazone groups is 1. The van der Waals surface area contributed by atoms with Gasteiger partial charge in [-0.3, -0.25) is 14.4 Å². The van der Waals surface area contributed by atoms with E-state index in [1.165, 1.54) is 11.1 Å². The van der Waals surface area contributed by atoms with Crippen LogP contribution in [0.4, 0.5) is 5.69 Å². The fourth-order valence-electron chi connectivity index (χ4n) is 3.61. The molecule has 4 rings (SSSR count). The molecule has 8 heteroatoms. The summed E-state index contributed by atoms with van der Waals surface area (Å²) in [6, 6.07) is 18.3. The van der Waals surface area contributed by atoms with Crippen LogP contribution in [0.3, 0.4) is 0 Å². The summed E-state index contributed by atoms with van der Waals surface area (Å²) in [7, 11) is 0. The van der Waals surface area contributed by atoms with Crippen molar-refractivity contribution in [2.75, 3.05) is 11.9 Å². The van der Waals surface area contributed by atoms with Crippen molar-refractivity contribution in [2.24, 2.45) is 5.10 Å². The monoisotopic (exact) mass is 443 g/mol. The number of carbonyl (C=O) groups excluding carboxylic acids is 2. The number of nitrogens with one attached hydrogen (secondary N) is 2. The standard InChI is InChI=1S/C25H25N5O3/c1-2-19-16-23(32)28-25(27-19)18-9-6-10-20(15-18)26-22(31)11-12-24(33)30-14-13-21(29-30)17-7-4-3-5-8-17/h3-10,15-16H,2,11-14H2,1H3,(H,26,31)(H,27,28,32). The molecule has 1 aliphatic rings. The van der Waals surface area contributed by atoms with Crippen LogP contribution in [0, 0.1) is 0 Å². The Hall–Kier alpha value is -4.07. The van der Waals surface area contributed by atoms with Crippen LogP contribution in [0.15, 0.2) is 70.6 Å². The van der Waals surface area contributed by atoms with E-state index in [4.69, 9.17) is 0 Å². The highest BCUT2D eigenvalue weighted by Crippen LogP contribution is 2.20. The molecule has 0 radical (unpaired) electrons. The molecule has 0 atom stereocenters. The van der Waals surface area contributed by atoms with Gasteiger partial charge in [-0.15, -0.1) is 0 Å². The molecule has 168 valence electrons. The van der Waals surface area contributed by atoms with Gasteiger partial charge in [0.15, 0.2) is 0 Å². The third-order valence-electron chi connectivity index (χ3n) is 5.34. The van der Waals surface area contributed by atoms with Gasteiger partial charge in [0.05, 0.1) is 12.3 Å². The first kappa shape index (κ1) is 22.1. The van der Waals surface area contributed by atoms with E-state index in [1.807, 2.05) is 43.3 Å². The van der Waals surface area contributed by atoms with Crippen molar-refractivity contribution < 1.29 is 9.59 Å². The first-order valence-electron chi connectivity index (χ1n) is 11.0. The lowest BCUT2D eigenvalue weighted by molar-refractivity contribution is -0.132. The van der Waals surface area contributed by atoms with Gasteiger partial charge in [-0.05, 0) is 24.1 Å². The van der Waals surface area contributed by atoms with Crippen LogP contribution in [-0.4, -0.2) is 39.0 Å². The molecule has 0 spiro atoms. The van der Waals surface area contributed by atoms with Gasteiger partial charge in [-0.25, -0.2) is 9.99 Å². The first-order valence-corrected chi connectivity index (χ1v) is 11.0. The highest BCUT2D eigenvalue weighted by molar-refractivity contribution is 6.02. The number of hydrogen-bond acceptors (Lipinski definition) is 5. The van der Waals surface area contributed by atoms with E-state index in [1.54, 1.807) is 18.2 Å². The smallest absolute Gasteiger partial charge is 0.251 e. The summed E-state index contributed by atoms with van der Waals surface area (Å²) in [5, 5.41) is 8.67. The Morgan fingerprint density at radius 2 is 1.82 bits per heavy atom. The first-order chi connectivity index (χ1) is 16.0. The molecule has 0 aliphatic carbocycles. The van der Waals surface area contributed by atoms with E-state index in [-0.39, 0.29) is 30.2 Å². The zero-order valence-corrected chi connectivity index (χ0v) is 18.4. The zero-order valence-electron chi connectivity index (χ0n) is 18.4. The normalized spacial score (nSPS) is 13.0. The van der Waals surface area contributed by atoms with Crippen molar-refractivity contribution in [3.8, 4) is 11.4 Å². The third-order valence-corrected chi connectivity index (χ3v) is 5.34. The second-order valence-electron chi connectivity index (χ2n) is 7.75. The number of aromatic nitrogens is 2. The molecule has 0 fully saturated rings. The predicted octanol–water partition coefficient (Wildman–Crippen LogP) is 3.35. The number of anilines is 1. The molecule has 2 aromatic carbocycles. The van der Waals surface area contributed by atoms with E-state index >= 15 is 0 Å². The number of hydrogen-bond donors (Lipinski definition) is 2. The Labute approximate surface area is 191 Å². The van der Waals surface area contributed by atoms with Gasteiger partial charge in [-0.2, -0.15) is 5.10 Å². The van der Waals surface area contributed by atoms with Gasteiger partial charge in [0.25, 0.3) is 5.56 Å². The fraction of sp³-hybridized carbons (Fsp3) is 0.240. The van der Waals surface area contributed by atoms with Crippen LogP contribution < -0.4 is 10.9 Å². The number of H-pyrrole nitrogens is 1. The van der Waals surface area contributed by atoms with E-state index in [0.29, 0.717) is 42.2 Å². The Morgan fingerprint density at radius 1 is 1.03 bits per heavy atom. The Kier molecular flexibility index (Phi) is 6.73. The summed E-state index contributed by atoms with van der Waals surface area (Å²) in [4.78, 5) is 44.0. The number of rotatable bonds is 7. The van der Waals surface area contributed by atoms with Crippen LogP contribution in [0.1, 0.15) is 37.4 Å². The lowest BCUT2D eigenvalue weighted by atomic mass is 10.1. The van der Waals surface area contributed by atoms with Gasteiger partial charge in [0.2, 0.25) is 11.8 Å². The SMILES string of the molecule is CCc1cc(=O)[nH]c(-c2cccc(NC(=O)CCC(=O)N3CCC(c4ccccc4)=N3)c2)n1. The molecule has 0 saturated carbocycles. The molecule has 1 aromatic heterocycles. The molecule has 3 aromatic rings. The van der Waals surface area contributed by atoms with Crippen molar-refractivity contribution in [1.82, 2.24) is 15.0 Å². The van der Waals surface area contributed by atoms with Crippen molar-refractivity contribution in [3.05, 3.63) is 82.3 Å². The van der Waals surface area contributed by atoms with E-state index in [9.17, 15) is 14.4 Å². The maximum atomic E-state index is 12.5. The van der Waals surface area contributed by atoms with Crippen LogP contribution in [0.2, 0.25) is 0 Å². The highest BCUT2D eigenvalue weighted by Gasteiger charge is 2.22. The Bertz CT molecular complexity index is 1250. The molecule has 33 heavy (non-hydrogen) atoms.